The monoisotopic (exact) mass is 441 g/mol. The largest absolute Gasteiger partial charge is 0.399 e. The molecule has 29 heavy (non-hydrogen) atoms. The van der Waals surface area contributed by atoms with E-state index in [1.165, 1.54) is 0 Å². The number of halogens is 1. The van der Waals surface area contributed by atoms with Gasteiger partial charge in [-0.2, -0.15) is 0 Å². The Bertz CT molecular complexity index is 1510. The van der Waals surface area contributed by atoms with Crippen molar-refractivity contribution in [3.05, 3.63) is 65.3 Å². The Hall–Kier alpha value is -3.51. The van der Waals surface area contributed by atoms with Crippen LogP contribution in [0.25, 0.3) is 54.9 Å². The van der Waals surface area contributed by atoms with Crippen LogP contribution in [0.3, 0.4) is 0 Å². The van der Waals surface area contributed by atoms with Gasteiger partial charge in [-0.25, -0.2) is 4.98 Å². The second kappa shape index (κ2) is 5.75. The number of anilines is 2. The quantitative estimate of drug-likeness (QED) is 0.187. The predicted molar refractivity (Wildman–Crippen MR) is 125 cm³/mol. The smallest absolute Gasteiger partial charge is 0.140 e. The number of aromatic nitrogens is 3. The molecule has 0 saturated heterocycles. The van der Waals surface area contributed by atoms with Crippen LogP contribution in [0.15, 0.2) is 65.3 Å². The first-order valence-corrected chi connectivity index (χ1v) is 10.0. The lowest BCUT2D eigenvalue weighted by Gasteiger charge is -2.07. The molecule has 0 aliphatic heterocycles. The number of hydrogen-bond acceptors (Lipinski definition) is 3. The van der Waals surface area contributed by atoms with Gasteiger partial charge in [-0.3, -0.25) is 0 Å². The number of rotatable bonds is 1. The van der Waals surface area contributed by atoms with Crippen molar-refractivity contribution in [3.8, 4) is 11.4 Å². The summed E-state index contributed by atoms with van der Waals surface area (Å²) in [7, 11) is 0. The molecule has 2 heterocycles. The van der Waals surface area contributed by atoms with E-state index in [4.69, 9.17) is 16.5 Å². The van der Waals surface area contributed by atoms with Crippen molar-refractivity contribution in [2.45, 2.75) is 0 Å². The first kappa shape index (κ1) is 16.4. The maximum Gasteiger partial charge on any atom is 0.140 e. The van der Waals surface area contributed by atoms with E-state index in [0.29, 0.717) is 0 Å². The van der Waals surface area contributed by atoms with Crippen LogP contribution < -0.4 is 11.5 Å². The minimum absolute atomic E-state index is 0.720. The van der Waals surface area contributed by atoms with Gasteiger partial charge in [0, 0.05) is 49.3 Å². The number of nitrogens with two attached hydrogens (primary N) is 2. The summed E-state index contributed by atoms with van der Waals surface area (Å²) in [5, 5.41) is 5.36. The second-order valence-electron chi connectivity index (χ2n) is 7.31. The highest BCUT2D eigenvalue weighted by Gasteiger charge is 2.16. The van der Waals surface area contributed by atoms with Crippen LogP contribution in [0.4, 0.5) is 11.4 Å². The average molecular weight is 442 g/mol. The maximum atomic E-state index is 6.09. The molecule has 2 aromatic heterocycles. The van der Waals surface area contributed by atoms with Crippen molar-refractivity contribution in [1.82, 2.24) is 15.0 Å². The molecule has 0 amide bonds. The first-order valence-electron chi connectivity index (χ1n) is 9.25. The summed E-state index contributed by atoms with van der Waals surface area (Å²) < 4.78 is 1.03. The number of nitrogen functional groups attached to an aromatic ring is 2. The zero-order valence-electron chi connectivity index (χ0n) is 15.3. The topological polar surface area (TPSA) is 96.5 Å². The molecule has 140 valence electrons. The zero-order chi connectivity index (χ0) is 19.7. The van der Waals surface area contributed by atoms with Gasteiger partial charge in [-0.1, -0.05) is 28.1 Å². The van der Waals surface area contributed by atoms with E-state index in [-0.39, 0.29) is 0 Å². The standard InChI is InChI=1S/C23H16BrN5/c24-11-1-6-20-18(7-11)19(10-27-20)23-28-21-14-4-2-12(25)8-16(14)17-9-13(26)3-5-15(17)22(21)29-23/h1-10,27H,25-26H2,(H,28,29). The number of nitrogens with one attached hydrogen (secondary N) is 2. The minimum Gasteiger partial charge on any atom is -0.399 e. The van der Waals surface area contributed by atoms with E-state index >= 15 is 0 Å². The molecule has 0 unspecified atom stereocenters. The Morgan fingerprint density at radius 3 is 2.28 bits per heavy atom. The Kier molecular flexibility index (Phi) is 3.26. The van der Waals surface area contributed by atoms with Gasteiger partial charge in [-0.05, 0) is 53.2 Å². The van der Waals surface area contributed by atoms with Gasteiger partial charge < -0.3 is 21.4 Å². The molecule has 5 nitrogen and oxygen atoms in total. The Morgan fingerprint density at radius 2 is 1.48 bits per heavy atom. The van der Waals surface area contributed by atoms with Crippen LogP contribution in [0.2, 0.25) is 0 Å². The summed E-state index contributed by atoms with van der Waals surface area (Å²) in [6.45, 7) is 0. The highest BCUT2D eigenvalue weighted by molar-refractivity contribution is 9.10. The average Bonchev–Trinajstić information content (AvgIpc) is 3.32. The van der Waals surface area contributed by atoms with Crippen LogP contribution in [0, 0.1) is 0 Å². The van der Waals surface area contributed by atoms with E-state index in [1.54, 1.807) is 0 Å². The third-order valence-electron chi connectivity index (χ3n) is 5.50. The first-order chi connectivity index (χ1) is 14.1. The third kappa shape index (κ3) is 2.36. The molecule has 0 atom stereocenters. The maximum absolute atomic E-state index is 6.09. The van der Waals surface area contributed by atoms with Gasteiger partial charge >= 0.3 is 0 Å². The molecule has 0 bridgehead atoms. The van der Waals surface area contributed by atoms with Gasteiger partial charge in [0.25, 0.3) is 0 Å². The second-order valence-corrected chi connectivity index (χ2v) is 8.23. The molecule has 0 fully saturated rings. The fourth-order valence-corrected chi connectivity index (χ4v) is 4.53. The van der Waals surface area contributed by atoms with Crippen molar-refractivity contribution in [2.24, 2.45) is 0 Å². The summed E-state index contributed by atoms with van der Waals surface area (Å²) >= 11 is 3.57. The summed E-state index contributed by atoms with van der Waals surface area (Å²) in [6, 6.07) is 18.1. The molecule has 4 aromatic carbocycles. The lowest BCUT2D eigenvalue weighted by molar-refractivity contribution is 1.34. The molecule has 6 N–H and O–H groups in total. The van der Waals surface area contributed by atoms with Gasteiger partial charge in [0.05, 0.1) is 11.0 Å². The van der Waals surface area contributed by atoms with E-state index in [2.05, 4.69) is 38.0 Å². The SMILES string of the molecule is Nc1ccc2c(c1)c1cc(N)ccc1c1[nH]c(-c3c[nH]c4ccc(Br)cc34)nc21. The summed E-state index contributed by atoms with van der Waals surface area (Å²) in [5.41, 5.74) is 17.6. The van der Waals surface area contributed by atoms with Crippen LogP contribution >= 0.6 is 15.9 Å². The number of aromatic amines is 2. The minimum atomic E-state index is 0.720. The molecule has 0 radical (unpaired) electrons. The van der Waals surface area contributed by atoms with Crippen molar-refractivity contribution in [3.63, 3.8) is 0 Å². The van der Waals surface area contributed by atoms with Crippen molar-refractivity contribution < 1.29 is 0 Å². The third-order valence-corrected chi connectivity index (χ3v) is 6.00. The zero-order valence-corrected chi connectivity index (χ0v) is 16.8. The van der Waals surface area contributed by atoms with Crippen molar-refractivity contribution in [1.29, 1.82) is 0 Å². The molecular weight excluding hydrogens is 426 g/mol. The van der Waals surface area contributed by atoms with Crippen LogP contribution in [0.5, 0.6) is 0 Å². The van der Waals surface area contributed by atoms with Gasteiger partial charge in [0.2, 0.25) is 0 Å². The molecule has 0 aliphatic carbocycles. The number of hydrogen-bond donors (Lipinski definition) is 4. The van der Waals surface area contributed by atoms with Crippen molar-refractivity contribution in [2.75, 3.05) is 11.5 Å². The Labute approximate surface area is 173 Å². The number of nitrogens with zero attached hydrogens (tertiary/aromatic N) is 1. The summed E-state index contributed by atoms with van der Waals surface area (Å²) in [6.07, 6.45) is 2.00. The number of imidazole rings is 1. The van der Waals surface area contributed by atoms with E-state index in [0.717, 1.165) is 70.7 Å². The van der Waals surface area contributed by atoms with E-state index in [9.17, 15) is 0 Å². The fourth-order valence-electron chi connectivity index (χ4n) is 4.17. The number of H-pyrrole nitrogens is 2. The lowest BCUT2D eigenvalue weighted by Crippen LogP contribution is -1.89. The Morgan fingerprint density at radius 1 is 0.759 bits per heavy atom. The molecule has 6 aromatic rings. The molecule has 0 spiro atoms. The highest BCUT2D eigenvalue weighted by Crippen LogP contribution is 2.38. The van der Waals surface area contributed by atoms with Gasteiger partial charge in [0.15, 0.2) is 0 Å². The van der Waals surface area contributed by atoms with Crippen LogP contribution in [-0.2, 0) is 0 Å². The van der Waals surface area contributed by atoms with Crippen LogP contribution in [0.1, 0.15) is 0 Å². The van der Waals surface area contributed by atoms with Crippen molar-refractivity contribution >= 4 is 70.8 Å². The van der Waals surface area contributed by atoms with Gasteiger partial charge in [0.1, 0.15) is 5.82 Å². The molecular formula is C23H16BrN5. The molecule has 6 rings (SSSR count). The normalized spacial score (nSPS) is 11.9. The molecule has 0 aliphatic rings. The van der Waals surface area contributed by atoms with E-state index in [1.807, 2.05) is 48.7 Å². The van der Waals surface area contributed by atoms with E-state index < -0.39 is 0 Å². The fraction of sp³-hybridized carbons (Fsp3) is 0. The highest BCUT2D eigenvalue weighted by atomic mass is 79.9. The van der Waals surface area contributed by atoms with Crippen LogP contribution in [-0.4, -0.2) is 15.0 Å². The lowest BCUT2D eigenvalue weighted by atomic mass is 9.99. The Balaban J connectivity index is 1.76. The molecule has 6 heteroatoms. The number of fused-ring (bicyclic) bond motifs is 7. The number of benzene rings is 4. The summed E-state index contributed by atoms with van der Waals surface area (Å²) in [5.74, 6) is 0.826. The van der Waals surface area contributed by atoms with Gasteiger partial charge in [-0.15, -0.1) is 0 Å². The predicted octanol–water partition coefficient (Wildman–Crippen LogP) is 5.94. The summed E-state index contributed by atoms with van der Waals surface area (Å²) in [4.78, 5) is 11.9. The molecule has 0 saturated carbocycles.